The Morgan fingerprint density at radius 3 is 2.40 bits per heavy atom. The lowest BCUT2D eigenvalue weighted by Gasteiger charge is -2.46. The fraction of sp³-hybridized carbons (Fsp3) is 0.730. The molecule has 1 aliphatic carbocycles. The zero-order valence-electron chi connectivity index (χ0n) is 29.8. The molecule has 2 aromatic rings. The van der Waals surface area contributed by atoms with Crippen molar-refractivity contribution >= 4 is 28.8 Å². The Bertz CT molecular complexity index is 1300. The number of hydrogen-bond donors (Lipinski definition) is 5. The number of carbonyl (C=O) groups excluding carboxylic acids is 3. The van der Waals surface area contributed by atoms with E-state index >= 15 is 0 Å². The normalized spacial score (nSPS) is 23.0. The Hall–Kier alpha value is -2.98. The minimum Gasteiger partial charge on any atom is -0.392 e. The van der Waals surface area contributed by atoms with E-state index in [1.165, 1.54) is 25.7 Å². The summed E-state index contributed by atoms with van der Waals surface area (Å²) in [6.07, 6.45) is 6.39. The van der Waals surface area contributed by atoms with Crippen molar-refractivity contribution in [3.05, 3.63) is 30.1 Å². The van der Waals surface area contributed by atoms with Crippen LogP contribution in [0.2, 0.25) is 0 Å². The molecule has 1 unspecified atom stereocenters. The van der Waals surface area contributed by atoms with Crippen LogP contribution in [0.4, 0.5) is 0 Å². The first-order chi connectivity index (χ1) is 22.2. The third kappa shape index (κ3) is 10.5. The molecule has 3 amide bonds. The van der Waals surface area contributed by atoms with Crippen LogP contribution < -0.4 is 16.0 Å². The van der Waals surface area contributed by atoms with Gasteiger partial charge in [0.15, 0.2) is 0 Å². The van der Waals surface area contributed by atoms with E-state index in [2.05, 4.69) is 44.7 Å². The number of piperidine rings is 1. The van der Waals surface area contributed by atoms with Gasteiger partial charge in [-0.2, -0.15) is 0 Å². The summed E-state index contributed by atoms with van der Waals surface area (Å²) in [7, 11) is 0. The maximum atomic E-state index is 13.9. The predicted octanol–water partition coefficient (Wildman–Crippen LogP) is 4.92. The average Bonchev–Trinajstić information content (AvgIpc) is 3.43. The number of nitrogens with zero attached hydrogens (tertiary/aromatic N) is 2. The first-order valence-corrected chi connectivity index (χ1v) is 18.0. The van der Waals surface area contributed by atoms with E-state index in [0.29, 0.717) is 30.6 Å². The highest BCUT2D eigenvalue weighted by Gasteiger charge is 2.41. The van der Waals surface area contributed by atoms with E-state index in [4.69, 9.17) is 0 Å². The number of imidazole rings is 1. The van der Waals surface area contributed by atoms with Gasteiger partial charge in [-0.05, 0) is 82.3 Å². The zero-order chi connectivity index (χ0) is 34.3. The van der Waals surface area contributed by atoms with Crippen LogP contribution in [0.5, 0.6) is 0 Å². The van der Waals surface area contributed by atoms with Crippen LogP contribution >= 0.6 is 0 Å². The number of fused-ring (bicyclic) bond motifs is 2. The predicted molar refractivity (Wildman–Crippen MR) is 186 cm³/mol. The smallest absolute Gasteiger partial charge is 0.243 e. The van der Waals surface area contributed by atoms with Crippen molar-refractivity contribution in [3.8, 4) is 0 Å². The molecule has 10 heteroatoms. The van der Waals surface area contributed by atoms with E-state index in [1.807, 2.05) is 58.9 Å². The molecule has 47 heavy (non-hydrogen) atoms. The Kier molecular flexibility index (Phi) is 12.9. The van der Waals surface area contributed by atoms with Crippen LogP contribution in [0.3, 0.4) is 0 Å². The third-order valence-electron chi connectivity index (χ3n) is 10.1. The van der Waals surface area contributed by atoms with Crippen LogP contribution in [0, 0.1) is 29.6 Å². The molecule has 2 heterocycles. The largest absolute Gasteiger partial charge is 0.392 e. The number of hydrogen-bond acceptors (Lipinski definition) is 6. The number of nitrogens with one attached hydrogen (secondary N) is 4. The highest BCUT2D eigenvalue weighted by molar-refractivity contribution is 5.88. The number of likely N-dealkylation sites (tertiary alicyclic amines) is 1. The Morgan fingerprint density at radius 2 is 1.74 bits per heavy atom. The van der Waals surface area contributed by atoms with Gasteiger partial charge in [-0.15, -0.1) is 0 Å². The lowest BCUT2D eigenvalue weighted by Crippen LogP contribution is -2.58. The fourth-order valence-electron chi connectivity index (χ4n) is 7.52. The Morgan fingerprint density at radius 1 is 1.04 bits per heavy atom. The van der Waals surface area contributed by atoms with Gasteiger partial charge < -0.3 is 26.0 Å². The van der Waals surface area contributed by atoms with Gasteiger partial charge >= 0.3 is 0 Å². The van der Waals surface area contributed by atoms with Gasteiger partial charge in [0.05, 0.1) is 29.7 Å². The molecule has 2 aliphatic rings. The third-order valence-corrected chi connectivity index (χ3v) is 10.1. The van der Waals surface area contributed by atoms with Gasteiger partial charge in [0.25, 0.3) is 0 Å². The van der Waals surface area contributed by atoms with E-state index < -0.39 is 18.1 Å². The molecule has 10 nitrogen and oxygen atoms in total. The van der Waals surface area contributed by atoms with Gasteiger partial charge in [-0.3, -0.25) is 19.3 Å². The quantitative estimate of drug-likeness (QED) is 0.196. The van der Waals surface area contributed by atoms with Crippen molar-refractivity contribution in [2.45, 2.75) is 130 Å². The van der Waals surface area contributed by atoms with Crippen molar-refractivity contribution in [1.29, 1.82) is 0 Å². The van der Waals surface area contributed by atoms with Crippen LogP contribution in [-0.4, -0.2) is 74.5 Å². The van der Waals surface area contributed by atoms with E-state index in [9.17, 15) is 19.5 Å². The van der Waals surface area contributed by atoms with Gasteiger partial charge in [0.2, 0.25) is 17.7 Å². The molecule has 1 aliphatic heterocycles. The SMILES string of the molecule is CC[C@H](C)[C@H](NC(=O)[C@H](CC(C)C)CC(O)CN1C[C@H]2CCCC[C@H]2C[C@H]1C(=O)NC(C)(C)C)C(=O)NCc1nc2ccccc2[nH]1. The van der Waals surface area contributed by atoms with Crippen LogP contribution in [0.15, 0.2) is 24.3 Å². The van der Waals surface area contributed by atoms with Crippen molar-refractivity contribution in [1.82, 2.24) is 30.8 Å². The van der Waals surface area contributed by atoms with Crippen LogP contribution in [-0.2, 0) is 20.9 Å². The highest BCUT2D eigenvalue weighted by Crippen LogP contribution is 2.39. The number of aromatic amines is 1. The fourth-order valence-corrected chi connectivity index (χ4v) is 7.52. The number of benzene rings is 1. The topological polar surface area (TPSA) is 139 Å². The highest BCUT2D eigenvalue weighted by atomic mass is 16.3. The van der Waals surface area contributed by atoms with Gasteiger partial charge in [0, 0.05) is 24.5 Å². The molecular formula is C37H60N6O4. The Balaban J connectivity index is 1.42. The second-order valence-corrected chi connectivity index (χ2v) is 15.8. The van der Waals surface area contributed by atoms with Crippen LogP contribution in [0.1, 0.15) is 106 Å². The summed E-state index contributed by atoms with van der Waals surface area (Å²) >= 11 is 0. The second-order valence-electron chi connectivity index (χ2n) is 15.8. The molecule has 7 atom stereocenters. The lowest BCUT2D eigenvalue weighted by molar-refractivity contribution is -0.134. The zero-order valence-corrected chi connectivity index (χ0v) is 29.8. The molecule has 0 radical (unpaired) electrons. The molecular weight excluding hydrogens is 592 g/mol. The molecule has 4 rings (SSSR count). The number of para-hydroxylation sites is 2. The number of aliphatic hydroxyl groups is 1. The molecule has 1 saturated heterocycles. The molecule has 0 bridgehead atoms. The van der Waals surface area contributed by atoms with E-state index in [1.54, 1.807) is 0 Å². The molecule has 1 aromatic carbocycles. The van der Waals surface area contributed by atoms with Crippen molar-refractivity contribution in [2.24, 2.45) is 29.6 Å². The van der Waals surface area contributed by atoms with E-state index in [0.717, 1.165) is 30.4 Å². The summed E-state index contributed by atoms with van der Waals surface area (Å²) in [5, 5.41) is 20.7. The number of rotatable bonds is 14. The standard InChI is InChI=1S/C37H60N6O4/c1-8-24(4)33(36(47)38-20-32-39-29-15-11-12-16-30(29)40-32)41-34(45)27(17-23(2)3)18-28(44)22-43-21-26-14-10-9-13-25(26)19-31(43)35(46)42-37(5,6)7/h11-12,15-16,23-28,31,33,44H,8-10,13-14,17-22H2,1-7H3,(H,38,47)(H,39,40)(H,41,45)(H,42,46)/t24-,25-,26+,27+,28?,31-,33-/m0/s1. The summed E-state index contributed by atoms with van der Waals surface area (Å²) in [5.41, 5.74) is 1.40. The number of β-amino-alcohol motifs (C(OH)–C–C–N with tert-alkyl or cyclic N) is 1. The van der Waals surface area contributed by atoms with Gasteiger partial charge in [0.1, 0.15) is 11.9 Å². The van der Waals surface area contributed by atoms with Gasteiger partial charge in [-0.25, -0.2) is 4.98 Å². The minimum atomic E-state index is -0.779. The second kappa shape index (κ2) is 16.4. The summed E-state index contributed by atoms with van der Waals surface area (Å²) < 4.78 is 0. The Labute approximate surface area is 281 Å². The number of aliphatic hydroxyl groups excluding tert-OH is 1. The maximum absolute atomic E-state index is 13.9. The molecule has 1 aromatic heterocycles. The minimum absolute atomic E-state index is 0.0234. The summed E-state index contributed by atoms with van der Waals surface area (Å²) in [4.78, 5) is 50.7. The van der Waals surface area contributed by atoms with Crippen molar-refractivity contribution in [2.75, 3.05) is 13.1 Å². The van der Waals surface area contributed by atoms with Crippen molar-refractivity contribution < 1.29 is 19.5 Å². The summed E-state index contributed by atoms with van der Waals surface area (Å²) in [6, 6.07) is 6.72. The molecule has 1 saturated carbocycles. The molecule has 262 valence electrons. The number of H-pyrrole nitrogens is 1. The van der Waals surface area contributed by atoms with Crippen molar-refractivity contribution in [3.63, 3.8) is 0 Å². The lowest BCUT2D eigenvalue weighted by atomic mass is 9.72. The number of carbonyl (C=O) groups is 3. The summed E-state index contributed by atoms with van der Waals surface area (Å²) in [6.45, 7) is 15.5. The summed E-state index contributed by atoms with van der Waals surface area (Å²) in [5.74, 6) is 0.977. The first-order valence-electron chi connectivity index (χ1n) is 18.0. The van der Waals surface area contributed by atoms with Crippen LogP contribution in [0.25, 0.3) is 11.0 Å². The molecule has 5 N–H and O–H groups in total. The maximum Gasteiger partial charge on any atom is 0.243 e. The number of aromatic nitrogens is 2. The molecule has 0 spiro atoms. The first kappa shape index (κ1) is 36.8. The monoisotopic (exact) mass is 652 g/mol. The van der Waals surface area contributed by atoms with Gasteiger partial charge in [-0.1, -0.05) is 65.5 Å². The van der Waals surface area contributed by atoms with E-state index in [-0.39, 0.29) is 54.1 Å². The molecule has 2 fully saturated rings. The number of amides is 3. The average molecular weight is 653 g/mol.